The van der Waals surface area contributed by atoms with Gasteiger partial charge in [-0.25, -0.2) is 4.68 Å². The van der Waals surface area contributed by atoms with Gasteiger partial charge in [0.05, 0.1) is 11.7 Å². The highest BCUT2D eigenvalue weighted by molar-refractivity contribution is 9.11. The van der Waals surface area contributed by atoms with Crippen molar-refractivity contribution in [2.75, 3.05) is 6.54 Å². The van der Waals surface area contributed by atoms with Gasteiger partial charge in [0.25, 0.3) is 0 Å². The van der Waals surface area contributed by atoms with Crippen LogP contribution in [0.5, 0.6) is 0 Å². The molecule has 2 aromatic rings. The van der Waals surface area contributed by atoms with E-state index in [1.54, 1.807) is 4.68 Å². The molecule has 0 aliphatic carbocycles. The Morgan fingerprint density at radius 3 is 2.65 bits per heavy atom. The molecule has 0 radical (unpaired) electrons. The Labute approximate surface area is 143 Å². The Morgan fingerprint density at radius 2 is 2.05 bits per heavy atom. The van der Waals surface area contributed by atoms with Crippen LogP contribution in [0.1, 0.15) is 30.6 Å². The molecule has 4 nitrogen and oxygen atoms in total. The van der Waals surface area contributed by atoms with Crippen molar-refractivity contribution in [3.05, 3.63) is 43.0 Å². The molecule has 0 aliphatic heterocycles. The first-order valence-corrected chi connectivity index (χ1v) is 8.66. The second-order valence-corrected chi connectivity index (χ2v) is 6.96. The lowest BCUT2D eigenvalue weighted by molar-refractivity contribution is 0.548. The minimum Gasteiger partial charge on any atom is -0.305 e. The predicted octanol–water partition coefficient (Wildman–Crippen LogP) is 4.19. The Balaban J connectivity index is 2.50. The van der Waals surface area contributed by atoms with Crippen LogP contribution < -0.4 is 5.32 Å². The van der Waals surface area contributed by atoms with Gasteiger partial charge in [0.1, 0.15) is 0 Å². The Bertz CT molecular complexity index is 578. The van der Waals surface area contributed by atoms with E-state index in [-0.39, 0.29) is 6.04 Å². The standard InChI is InChI=1S/C13H15Br3N4/c1-3-6-17-11(12-13(16)18-19-20(12)2)9-7-8(14)4-5-10(9)15/h4-5,7,11,17H,3,6H2,1-2H3. The molecule has 20 heavy (non-hydrogen) atoms. The third kappa shape index (κ3) is 3.50. The molecule has 2 rings (SSSR count). The number of hydrogen-bond acceptors (Lipinski definition) is 3. The number of aromatic nitrogens is 3. The Kier molecular flexibility index (Phi) is 5.77. The summed E-state index contributed by atoms with van der Waals surface area (Å²) in [6.07, 6.45) is 1.06. The fourth-order valence-electron chi connectivity index (χ4n) is 2.02. The first kappa shape index (κ1) is 16.1. The molecule has 0 aliphatic rings. The second kappa shape index (κ2) is 7.15. The van der Waals surface area contributed by atoms with Crippen molar-refractivity contribution >= 4 is 47.8 Å². The summed E-state index contributed by atoms with van der Waals surface area (Å²) in [5.41, 5.74) is 2.16. The fraction of sp³-hybridized carbons (Fsp3) is 0.385. The molecule has 1 unspecified atom stereocenters. The summed E-state index contributed by atoms with van der Waals surface area (Å²) < 4.78 is 4.67. The summed E-state index contributed by atoms with van der Waals surface area (Å²) in [6, 6.07) is 6.19. The molecule has 0 fully saturated rings. The lowest BCUT2D eigenvalue weighted by Crippen LogP contribution is -2.26. The van der Waals surface area contributed by atoms with Gasteiger partial charge in [-0.15, -0.1) is 5.10 Å². The fourth-order valence-corrected chi connectivity index (χ4v) is 3.43. The van der Waals surface area contributed by atoms with Gasteiger partial charge in [0.2, 0.25) is 0 Å². The number of halogens is 3. The number of aryl methyl sites for hydroxylation is 1. The largest absolute Gasteiger partial charge is 0.305 e. The van der Waals surface area contributed by atoms with E-state index >= 15 is 0 Å². The van der Waals surface area contributed by atoms with Gasteiger partial charge >= 0.3 is 0 Å². The van der Waals surface area contributed by atoms with Crippen molar-refractivity contribution in [1.29, 1.82) is 0 Å². The molecule has 0 bridgehead atoms. The quantitative estimate of drug-likeness (QED) is 0.718. The van der Waals surface area contributed by atoms with Crippen molar-refractivity contribution in [2.24, 2.45) is 7.05 Å². The molecule has 0 amide bonds. The number of nitrogens with one attached hydrogen (secondary N) is 1. The molecule has 1 heterocycles. The van der Waals surface area contributed by atoms with E-state index < -0.39 is 0 Å². The molecule has 7 heteroatoms. The van der Waals surface area contributed by atoms with Crippen molar-refractivity contribution in [3.8, 4) is 0 Å². The zero-order valence-corrected chi connectivity index (χ0v) is 16.0. The van der Waals surface area contributed by atoms with Crippen LogP contribution in [0.3, 0.4) is 0 Å². The van der Waals surface area contributed by atoms with Crippen molar-refractivity contribution < 1.29 is 0 Å². The van der Waals surface area contributed by atoms with E-state index in [9.17, 15) is 0 Å². The van der Waals surface area contributed by atoms with Gasteiger partial charge in [-0.05, 0) is 52.7 Å². The maximum Gasteiger partial charge on any atom is 0.153 e. The van der Waals surface area contributed by atoms with Crippen molar-refractivity contribution in [1.82, 2.24) is 20.3 Å². The molecule has 0 spiro atoms. The lowest BCUT2D eigenvalue weighted by atomic mass is 10.0. The van der Waals surface area contributed by atoms with Crippen LogP contribution in [-0.4, -0.2) is 21.5 Å². The summed E-state index contributed by atoms with van der Waals surface area (Å²) in [5.74, 6) is 0. The molecule has 108 valence electrons. The number of rotatable bonds is 5. The van der Waals surface area contributed by atoms with Gasteiger partial charge in [-0.1, -0.05) is 44.0 Å². The topological polar surface area (TPSA) is 42.7 Å². The van der Waals surface area contributed by atoms with Gasteiger partial charge in [0, 0.05) is 16.0 Å². The van der Waals surface area contributed by atoms with E-state index in [0.29, 0.717) is 0 Å². The second-order valence-electron chi connectivity index (χ2n) is 4.44. The third-order valence-corrected chi connectivity index (χ3v) is 4.75. The molecule has 0 saturated heterocycles. The van der Waals surface area contributed by atoms with Crippen LogP contribution in [0.15, 0.2) is 31.7 Å². The molecule has 1 aromatic heterocycles. The normalized spacial score (nSPS) is 12.7. The van der Waals surface area contributed by atoms with Crippen LogP contribution in [-0.2, 0) is 7.05 Å². The summed E-state index contributed by atoms with van der Waals surface area (Å²) >= 11 is 10.7. The predicted molar refractivity (Wildman–Crippen MR) is 90.7 cm³/mol. The highest BCUT2D eigenvalue weighted by Gasteiger charge is 2.23. The Morgan fingerprint density at radius 1 is 1.30 bits per heavy atom. The zero-order valence-electron chi connectivity index (χ0n) is 11.2. The van der Waals surface area contributed by atoms with E-state index in [1.165, 1.54) is 0 Å². The van der Waals surface area contributed by atoms with Gasteiger partial charge in [-0.3, -0.25) is 0 Å². The summed E-state index contributed by atoms with van der Waals surface area (Å²) in [5, 5.41) is 11.7. The first-order chi connectivity index (χ1) is 9.54. The average Bonchev–Trinajstić information content (AvgIpc) is 2.74. The number of benzene rings is 1. The van der Waals surface area contributed by atoms with E-state index in [0.717, 1.165) is 37.8 Å². The maximum absolute atomic E-state index is 4.09. The van der Waals surface area contributed by atoms with Crippen LogP contribution in [0.2, 0.25) is 0 Å². The molecule has 1 aromatic carbocycles. The molecule has 1 N–H and O–H groups in total. The SMILES string of the molecule is CCCNC(c1cc(Br)ccc1Br)c1c(Br)nnn1C. The van der Waals surface area contributed by atoms with Gasteiger partial charge < -0.3 is 5.32 Å². The van der Waals surface area contributed by atoms with Crippen LogP contribution in [0.4, 0.5) is 0 Å². The van der Waals surface area contributed by atoms with E-state index in [1.807, 2.05) is 19.2 Å². The lowest BCUT2D eigenvalue weighted by Gasteiger charge is -2.21. The van der Waals surface area contributed by atoms with E-state index in [4.69, 9.17) is 0 Å². The smallest absolute Gasteiger partial charge is 0.153 e. The number of nitrogens with zero attached hydrogens (tertiary/aromatic N) is 3. The highest BCUT2D eigenvalue weighted by Crippen LogP contribution is 2.33. The van der Waals surface area contributed by atoms with Crippen molar-refractivity contribution in [3.63, 3.8) is 0 Å². The average molecular weight is 467 g/mol. The van der Waals surface area contributed by atoms with Crippen molar-refractivity contribution in [2.45, 2.75) is 19.4 Å². The Hall–Kier alpha value is -0.240. The summed E-state index contributed by atoms with van der Waals surface area (Å²) in [4.78, 5) is 0. The maximum atomic E-state index is 4.09. The molecular weight excluding hydrogens is 452 g/mol. The van der Waals surface area contributed by atoms with E-state index in [2.05, 4.69) is 76.4 Å². The van der Waals surface area contributed by atoms with Crippen LogP contribution >= 0.6 is 47.8 Å². The monoisotopic (exact) mass is 464 g/mol. The number of hydrogen-bond donors (Lipinski definition) is 1. The first-order valence-electron chi connectivity index (χ1n) is 6.28. The zero-order chi connectivity index (χ0) is 14.7. The molecule has 0 saturated carbocycles. The highest BCUT2D eigenvalue weighted by atomic mass is 79.9. The summed E-state index contributed by atoms with van der Waals surface area (Å²) in [6.45, 7) is 3.07. The minimum absolute atomic E-state index is 0.0243. The molecule has 1 atom stereocenters. The molecular formula is C13H15Br3N4. The van der Waals surface area contributed by atoms with Gasteiger partial charge in [-0.2, -0.15) is 0 Å². The summed E-state index contributed by atoms with van der Waals surface area (Å²) in [7, 11) is 1.90. The van der Waals surface area contributed by atoms with Crippen LogP contribution in [0.25, 0.3) is 0 Å². The van der Waals surface area contributed by atoms with Gasteiger partial charge in [0.15, 0.2) is 4.60 Å². The minimum atomic E-state index is 0.0243. The third-order valence-electron chi connectivity index (χ3n) is 2.97. The van der Waals surface area contributed by atoms with Crippen LogP contribution in [0, 0.1) is 0 Å².